The first kappa shape index (κ1) is 13.9. The molecule has 0 aliphatic rings. The van der Waals surface area contributed by atoms with Crippen molar-refractivity contribution < 1.29 is 14.7 Å². The number of carbonyl (C=O) groups is 2. The Balaban J connectivity index is 4.25. The lowest BCUT2D eigenvalue weighted by atomic mass is 9.91. The summed E-state index contributed by atoms with van der Waals surface area (Å²) >= 11 is 0. The van der Waals surface area contributed by atoms with Crippen LogP contribution in [0, 0.1) is 5.41 Å². The van der Waals surface area contributed by atoms with Gasteiger partial charge in [0.2, 0.25) is 5.91 Å². The van der Waals surface area contributed by atoms with Crippen molar-refractivity contribution in [1.29, 1.82) is 0 Å². The second-order valence-electron chi connectivity index (χ2n) is 5.48. The van der Waals surface area contributed by atoms with Crippen molar-refractivity contribution in [3.05, 3.63) is 0 Å². The van der Waals surface area contributed by atoms with Crippen LogP contribution in [0.1, 0.15) is 47.5 Å². The van der Waals surface area contributed by atoms with Crippen LogP contribution in [0.4, 0.5) is 0 Å². The number of nitrogens with one attached hydrogen (secondary N) is 1. The highest BCUT2D eigenvalue weighted by Gasteiger charge is 2.28. The first-order valence-corrected chi connectivity index (χ1v) is 5.09. The molecule has 4 nitrogen and oxygen atoms in total. The van der Waals surface area contributed by atoms with Gasteiger partial charge in [0.15, 0.2) is 0 Å². The van der Waals surface area contributed by atoms with Crippen LogP contribution in [0.25, 0.3) is 0 Å². The zero-order chi connectivity index (χ0) is 12.3. The van der Waals surface area contributed by atoms with Gasteiger partial charge in [-0.05, 0) is 20.3 Å². The van der Waals surface area contributed by atoms with E-state index >= 15 is 0 Å². The monoisotopic (exact) mass is 215 g/mol. The van der Waals surface area contributed by atoms with Crippen LogP contribution in [0.15, 0.2) is 0 Å². The molecule has 0 aromatic rings. The Morgan fingerprint density at radius 3 is 1.93 bits per heavy atom. The largest absolute Gasteiger partial charge is 0.481 e. The summed E-state index contributed by atoms with van der Waals surface area (Å²) in [6.45, 7) is 9.15. The fraction of sp³-hybridized carbons (Fsp3) is 0.818. The van der Waals surface area contributed by atoms with Gasteiger partial charge in [-0.25, -0.2) is 0 Å². The van der Waals surface area contributed by atoms with Crippen molar-refractivity contribution in [1.82, 2.24) is 5.32 Å². The number of hydrogen-bond donors (Lipinski definition) is 2. The molecule has 0 aliphatic carbocycles. The van der Waals surface area contributed by atoms with Gasteiger partial charge < -0.3 is 10.4 Å². The summed E-state index contributed by atoms with van der Waals surface area (Å²) in [5, 5.41) is 11.4. The van der Waals surface area contributed by atoms with E-state index in [2.05, 4.69) is 5.32 Å². The minimum absolute atomic E-state index is 0.0575. The van der Waals surface area contributed by atoms with Crippen molar-refractivity contribution in [2.24, 2.45) is 5.41 Å². The molecule has 88 valence electrons. The lowest BCUT2D eigenvalue weighted by molar-refractivity contribution is -0.138. The maximum absolute atomic E-state index is 11.7. The zero-order valence-electron chi connectivity index (χ0n) is 10.2. The summed E-state index contributed by atoms with van der Waals surface area (Å²) in [6, 6.07) is 0. The first-order valence-electron chi connectivity index (χ1n) is 5.09. The molecule has 0 bridgehead atoms. The summed E-state index contributed by atoms with van der Waals surface area (Å²) in [5.74, 6) is -0.897. The summed E-state index contributed by atoms with van der Waals surface area (Å²) in [5.41, 5.74) is -0.913. The Hall–Kier alpha value is -1.06. The Morgan fingerprint density at radius 1 is 1.13 bits per heavy atom. The molecule has 0 radical (unpaired) electrons. The van der Waals surface area contributed by atoms with Crippen LogP contribution in [-0.2, 0) is 9.59 Å². The van der Waals surface area contributed by atoms with Gasteiger partial charge in [-0.1, -0.05) is 20.8 Å². The fourth-order valence-corrected chi connectivity index (χ4v) is 0.977. The summed E-state index contributed by atoms with van der Waals surface area (Å²) in [7, 11) is 0. The third-order valence-corrected chi connectivity index (χ3v) is 2.10. The highest BCUT2D eigenvalue weighted by Crippen LogP contribution is 2.17. The fourth-order valence-electron chi connectivity index (χ4n) is 0.977. The third-order valence-electron chi connectivity index (χ3n) is 2.10. The van der Waals surface area contributed by atoms with Gasteiger partial charge in [-0.3, -0.25) is 9.59 Å². The van der Waals surface area contributed by atoms with Crippen LogP contribution < -0.4 is 5.32 Å². The van der Waals surface area contributed by atoms with Crippen molar-refractivity contribution in [2.45, 2.75) is 53.0 Å². The number of carboxylic acids is 1. The molecule has 4 heteroatoms. The molecule has 0 saturated heterocycles. The smallest absolute Gasteiger partial charge is 0.303 e. The van der Waals surface area contributed by atoms with E-state index in [1.165, 1.54) is 0 Å². The van der Waals surface area contributed by atoms with Gasteiger partial charge in [0.05, 0.1) is 0 Å². The minimum atomic E-state index is -0.840. The molecule has 1 amide bonds. The van der Waals surface area contributed by atoms with E-state index < -0.39 is 16.9 Å². The van der Waals surface area contributed by atoms with Crippen molar-refractivity contribution in [3.8, 4) is 0 Å². The summed E-state index contributed by atoms with van der Waals surface area (Å²) in [4.78, 5) is 22.1. The van der Waals surface area contributed by atoms with Crippen LogP contribution in [-0.4, -0.2) is 22.5 Å². The van der Waals surface area contributed by atoms with Gasteiger partial charge in [-0.2, -0.15) is 0 Å². The van der Waals surface area contributed by atoms with E-state index in [-0.39, 0.29) is 12.3 Å². The number of carboxylic acid groups (broad SMARTS) is 1. The number of hydrogen-bond acceptors (Lipinski definition) is 2. The molecule has 0 atom stereocenters. The average Bonchev–Trinajstić information content (AvgIpc) is 1.98. The number of amides is 1. The summed E-state index contributed by atoms with van der Waals surface area (Å²) in [6.07, 6.45) is 0.502. The van der Waals surface area contributed by atoms with E-state index in [1.54, 1.807) is 0 Å². The van der Waals surface area contributed by atoms with E-state index in [1.807, 2.05) is 34.6 Å². The molecule has 0 saturated carbocycles. The Morgan fingerprint density at radius 2 is 1.60 bits per heavy atom. The van der Waals surface area contributed by atoms with E-state index in [9.17, 15) is 9.59 Å². The Bertz CT molecular complexity index is 251. The molecule has 0 heterocycles. The molecule has 0 aromatic heterocycles. The predicted molar refractivity (Wildman–Crippen MR) is 58.5 cm³/mol. The second-order valence-corrected chi connectivity index (χ2v) is 5.48. The maximum atomic E-state index is 11.7. The van der Waals surface area contributed by atoms with Crippen LogP contribution in [0.5, 0.6) is 0 Å². The normalized spacial score (nSPS) is 12.3. The first-order chi connectivity index (χ1) is 6.54. The topological polar surface area (TPSA) is 66.4 Å². The van der Waals surface area contributed by atoms with Crippen LogP contribution in [0.2, 0.25) is 0 Å². The molecule has 0 unspecified atom stereocenters. The van der Waals surface area contributed by atoms with E-state index in [4.69, 9.17) is 5.11 Å². The lowest BCUT2D eigenvalue weighted by Gasteiger charge is -2.29. The van der Waals surface area contributed by atoms with E-state index in [0.29, 0.717) is 6.42 Å². The number of rotatable bonds is 4. The zero-order valence-corrected chi connectivity index (χ0v) is 10.2. The molecular formula is C11H21NO3. The van der Waals surface area contributed by atoms with Gasteiger partial charge in [0.25, 0.3) is 0 Å². The van der Waals surface area contributed by atoms with Gasteiger partial charge >= 0.3 is 5.97 Å². The molecule has 0 rings (SSSR count). The third kappa shape index (κ3) is 6.10. The molecule has 0 spiro atoms. The molecule has 0 aliphatic heterocycles. The van der Waals surface area contributed by atoms with Crippen LogP contribution >= 0.6 is 0 Å². The molecule has 2 N–H and O–H groups in total. The minimum Gasteiger partial charge on any atom is -0.481 e. The van der Waals surface area contributed by atoms with Crippen molar-refractivity contribution >= 4 is 11.9 Å². The highest BCUT2D eigenvalue weighted by molar-refractivity contribution is 5.82. The second kappa shape index (κ2) is 4.64. The summed E-state index contributed by atoms with van der Waals surface area (Å²) < 4.78 is 0. The quantitative estimate of drug-likeness (QED) is 0.751. The van der Waals surface area contributed by atoms with Crippen molar-refractivity contribution in [2.75, 3.05) is 0 Å². The SMILES string of the molecule is CC(C)(CCC(=O)O)NC(=O)C(C)(C)C. The number of aliphatic carboxylic acids is 1. The average molecular weight is 215 g/mol. The lowest BCUT2D eigenvalue weighted by Crippen LogP contribution is -2.48. The highest BCUT2D eigenvalue weighted by atomic mass is 16.4. The van der Waals surface area contributed by atoms with E-state index in [0.717, 1.165) is 0 Å². The maximum Gasteiger partial charge on any atom is 0.303 e. The van der Waals surface area contributed by atoms with Gasteiger partial charge in [0, 0.05) is 17.4 Å². The standard InChI is InChI=1S/C11H21NO3/c1-10(2,3)9(15)12-11(4,5)7-6-8(13)14/h6-7H2,1-5H3,(H,12,15)(H,13,14). The molecule has 15 heavy (non-hydrogen) atoms. The van der Waals surface area contributed by atoms with Crippen molar-refractivity contribution in [3.63, 3.8) is 0 Å². The van der Waals surface area contributed by atoms with Crippen LogP contribution in [0.3, 0.4) is 0 Å². The van der Waals surface area contributed by atoms with Gasteiger partial charge in [0.1, 0.15) is 0 Å². The number of carbonyl (C=O) groups excluding carboxylic acids is 1. The molecular weight excluding hydrogens is 194 g/mol. The Labute approximate surface area is 91.1 Å². The molecule has 0 aromatic carbocycles. The Kier molecular flexibility index (Phi) is 4.31. The van der Waals surface area contributed by atoms with Gasteiger partial charge in [-0.15, -0.1) is 0 Å². The molecule has 0 fully saturated rings. The predicted octanol–water partition coefficient (Wildman–Crippen LogP) is 1.79.